The maximum absolute atomic E-state index is 13.6. The van der Waals surface area contributed by atoms with E-state index in [2.05, 4.69) is 66.1 Å². The fourth-order valence-corrected chi connectivity index (χ4v) is 13.2. The highest BCUT2D eigenvalue weighted by molar-refractivity contribution is 6.01. The summed E-state index contributed by atoms with van der Waals surface area (Å²) in [6.45, 7) is 20.5. The third kappa shape index (κ3) is 26.5. The Hall–Kier alpha value is -18.3. The molecule has 6 aromatic heterocycles. The van der Waals surface area contributed by atoms with Gasteiger partial charge in [0.2, 0.25) is 0 Å². The fourth-order valence-electron chi connectivity index (χ4n) is 13.2. The van der Waals surface area contributed by atoms with Gasteiger partial charge < -0.3 is 57.8 Å². The molecule has 0 amide bonds. The molecule has 0 spiro atoms. The van der Waals surface area contributed by atoms with Gasteiger partial charge in [0.15, 0.2) is 69.2 Å². The Morgan fingerprint density at radius 1 is 0.348 bits per heavy atom. The normalized spacial score (nSPS) is 10.5. The van der Waals surface area contributed by atoms with Gasteiger partial charge in [0.25, 0.3) is 30.1 Å². The van der Waals surface area contributed by atoms with Crippen molar-refractivity contribution in [2.45, 2.75) is 61.4 Å². The molecule has 0 atom stereocenters. The number of rotatable bonds is 25. The van der Waals surface area contributed by atoms with Gasteiger partial charge in [0, 0.05) is 96.1 Å². The molecule has 0 aliphatic carbocycles. The average Bonchev–Trinajstić information content (AvgIpc) is 1.65. The van der Waals surface area contributed by atoms with Gasteiger partial charge in [-0.15, -0.1) is 0 Å². The number of para-hydroxylation sites is 1. The summed E-state index contributed by atoms with van der Waals surface area (Å²) < 4.78 is 105. The molecule has 0 bridgehead atoms. The van der Waals surface area contributed by atoms with E-state index < -0.39 is 23.4 Å². The Morgan fingerprint density at radius 3 is 1.15 bits per heavy atom. The van der Waals surface area contributed by atoms with Gasteiger partial charge in [-0.2, -0.15) is 0 Å². The van der Waals surface area contributed by atoms with E-state index in [4.69, 9.17) is 33.1 Å². The minimum absolute atomic E-state index is 0.00264. The molecule has 6 heterocycles. The summed E-state index contributed by atoms with van der Waals surface area (Å²) in [5, 5.41) is 14.4. The molecule has 0 radical (unpaired) electrons. The summed E-state index contributed by atoms with van der Waals surface area (Å²) in [6.07, 6.45) is 9.38. The molecule has 5 N–H and O–H groups in total. The van der Waals surface area contributed by atoms with E-state index in [0.717, 1.165) is 57.5 Å². The topological polar surface area (TPSA) is 336 Å². The van der Waals surface area contributed by atoms with Crippen molar-refractivity contribution < 1.29 is 82.0 Å². The average molecular weight is 1860 g/mol. The molecule has 0 aliphatic heterocycles. The zero-order chi connectivity index (χ0) is 97.9. The SMILES string of the molecule is CC(=O)c1cccc(-c2cnc(N(c3ccc(F)cc3)C(C)C)o2)c1.CC(=O)c1cccc(-c2cnc(Nc3ccc(C)cc3)o2)c1.CC(=O)c1ccccc1-c1cnc(Nc2cc(F)ccc2F)o1.CC(=O)c1ccccc1-c1cnc(Nc2ccccc2F)o1.COC(=O)c1ccc(-c2cnc(Nc3ccc(F)cc3)o2)cc1.[C-]#[N+]c1ccc(Nc2ncc(-c3cccc(C(C)=O)c3)o2)cc1. The molecule has 18 aromatic rings. The third-order valence-electron chi connectivity index (χ3n) is 20.2. The van der Waals surface area contributed by atoms with Gasteiger partial charge in [0.05, 0.1) is 67.8 Å². The quantitative estimate of drug-likeness (QED) is 0.0154. The first-order valence-electron chi connectivity index (χ1n) is 42.5. The number of carbonyl (C=O) groups is 6. The van der Waals surface area contributed by atoms with Crippen LogP contribution in [-0.4, -0.2) is 77.9 Å². The largest absolute Gasteiger partial charge is 0.465 e. The van der Waals surface area contributed by atoms with E-state index in [1.807, 2.05) is 92.4 Å². The molecule has 0 fully saturated rings. The summed E-state index contributed by atoms with van der Waals surface area (Å²) >= 11 is 0. The number of aromatic nitrogens is 6. The third-order valence-corrected chi connectivity index (χ3v) is 20.2. The van der Waals surface area contributed by atoms with Crippen LogP contribution in [-0.2, 0) is 4.74 Å². The smallest absolute Gasteiger partial charge is 0.337 e. The summed E-state index contributed by atoms with van der Waals surface area (Å²) in [7, 11) is 1.33. The van der Waals surface area contributed by atoms with E-state index in [9.17, 15) is 50.7 Å². The van der Waals surface area contributed by atoms with Crippen molar-refractivity contribution >= 4 is 111 Å². The highest BCUT2D eigenvalue weighted by atomic mass is 19.1. The highest BCUT2D eigenvalue weighted by Gasteiger charge is 2.23. The summed E-state index contributed by atoms with van der Waals surface area (Å²) in [4.78, 5) is 99.3. The number of hydrogen-bond acceptors (Lipinski definition) is 25. The number of nitrogens with zero attached hydrogens (tertiary/aromatic N) is 8. The first-order valence-corrected chi connectivity index (χ1v) is 42.5. The van der Waals surface area contributed by atoms with Crippen LogP contribution in [0.4, 0.5) is 97.9 Å². The van der Waals surface area contributed by atoms with Crippen LogP contribution in [0.1, 0.15) is 116 Å². The van der Waals surface area contributed by atoms with E-state index in [1.165, 1.54) is 83.1 Å². The highest BCUT2D eigenvalue weighted by Crippen LogP contribution is 2.36. The first kappa shape index (κ1) is 97.2. The zero-order valence-electron chi connectivity index (χ0n) is 75.5. The molecule has 31 heteroatoms. The van der Waals surface area contributed by atoms with Crippen LogP contribution in [0.25, 0.3) is 72.8 Å². The van der Waals surface area contributed by atoms with Crippen LogP contribution in [0.15, 0.2) is 349 Å². The molecule has 0 saturated carbocycles. The summed E-state index contributed by atoms with van der Waals surface area (Å²) in [5.41, 5.74) is 12.9. The van der Waals surface area contributed by atoms with Gasteiger partial charge in [0.1, 0.15) is 29.1 Å². The minimum Gasteiger partial charge on any atom is -0.465 e. The predicted molar refractivity (Wildman–Crippen MR) is 516 cm³/mol. The molecule has 0 aliphatic rings. The number of nitrogens with one attached hydrogen (secondary N) is 5. The standard InChI is InChI=1S/C20H19FN2O2.C18H13N3O2.C18H16N2O2.C17H12F2N2O2.C17H13FN2O3.C17H13FN2O2/c1-13(2)23(18-9-7-17(21)8-10-18)20-22-12-19(25-20)16-6-4-5-15(11-16)14(3)24;1-12(22)13-4-3-5-14(10-13)17-11-20-18(23-17)21-16-8-6-15(19-2)7-9-16;1-12-6-8-16(9-7-12)20-18-19-11-17(22-18)15-5-3-4-14(10-15)13(2)21;1-10(22)12-4-2-3-5-13(12)16-9-20-17(23-16)21-15-8-11(18)6-7-14(15)19;1-22-16(21)12-4-2-11(3-5-12)15-10-19-17(23-15)20-14-8-6-13(18)7-9-14;1-11(21)12-6-2-3-7-13(12)16-10-19-17(22-16)20-15-9-5-4-8-14(15)18/h4-13H,1-3H3;3-11H,1H3,(H,20,21);3-11H,1-2H3,(H,19,20);2-9H,1H3,(H,20,21);2-10H,1H3,(H,19,20);2-10H,1H3,(H,19,20). The Bertz CT molecular complexity index is 7330. The van der Waals surface area contributed by atoms with Gasteiger partial charge in [-0.1, -0.05) is 157 Å². The number of ketones is 5. The molecular weight excluding hydrogens is 1770 g/mol. The Labute approximate surface area is 788 Å². The number of aryl methyl sites for hydroxylation is 1. The van der Waals surface area contributed by atoms with Gasteiger partial charge in [-0.25, -0.2) is 61.5 Å². The number of anilines is 12. The monoisotopic (exact) mass is 1860 g/mol. The number of ether oxygens (including phenoxy) is 1. The second-order valence-electron chi connectivity index (χ2n) is 30.5. The molecule has 26 nitrogen and oxygen atoms in total. The molecule has 12 aromatic carbocycles. The second kappa shape index (κ2) is 46.2. The Kier molecular flexibility index (Phi) is 32.5. The minimum atomic E-state index is -0.629. The predicted octanol–water partition coefficient (Wildman–Crippen LogP) is 27.7. The zero-order valence-corrected chi connectivity index (χ0v) is 75.5. The number of esters is 1. The molecule has 138 heavy (non-hydrogen) atoms. The Morgan fingerprint density at radius 2 is 0.717 bits per heavy atom. The molecule has 18 rings (SSSR count). The van der Waals surface area contributed by atoms with Crippen molar-refractivity contribution in [1.29, 1.82) is 0 Å². The van der Waals surface area contributed by atoms with E-state index in [0.29, 0.717) is 115 Å². The number of benzene rings is 12. The van der Waals surface area contributed by atoms with Crippen molar-refractivity contribution in [3.8, 4) is 67.9 Å². The van der Waals surface area contributed by atoms with E-state index in [-0.39, 0.29) is 70.0 Å². The number of carbonyl (C=O) groups excluding carboxylic acids is 6. The fraction of sp³-hybridized carbons (Fsp3) is 0.0935. The molecule has 0 saturated heterocycles. The molecule has 692 valence electrons. The lowest BCUT2D eigenvalue weighted by molar-refractivity contribution is 0.0599. The van der Waals surface area contributed by atoms with Gasteiger partial charge in [-0.05, 0) is 183 Å². The van der Waals surface area contributed by atoms with E-state index in [1.54, 1.807) is 202 Å². The summed E-state index contributed by atoms with van der Waals surface area (Å²) in [6, 6.07) is 80.6. The van der Waals surface area contributed by atoms with Crippen LogP contribution in [0.2, 0.25) is 0 Å². The second-order valence-corrected chi connectivity index (χ2v) is 30.5. The first-order chi connectivity index (χ1) is 66.6. The number of oxazole rings is 6. The van der Waals surface area contributed by atoms with Crippen molar-refractivity contribution in [1.82, 2.24) is 29.9 Å². The van der Waals surface area contributed by atoms with Crippen molar-refractivity contribution in [2.24, 2.45) is 0 Å². The van der Waals surface area contributed by atoms with Crippen LogP contribution in [0.5, 0.6) is 0 Å². The lowest BCUT2D eigenvalue weighted by atomic mass is 10.0. The van der Waals surface area contributed by atoms with E-state index >= 15 is 0 Å². The van der Waals surface area contributed by atoms with Crippen LogP contribution >= 0.6 is 0 Å². The number of methoxy groups -OCH3 is 1. The lowest BCUT2D eigenvalue weighted by Gasteiger charge is -2.24. The maximum Gasteiger partial charge on any atom is 0.337 e. The van der Waals surface area contributed by atoms with Crippen molar-refractivity contribution in [3.05, 3.63) is 402 Å². The van der Waals surface area contributed by atoms with Crippen LogP contribution in [0, 0.1) is 42.6 Å². The van der Waals surface area contributed by atoms with Crippen molar-refractivity contribution in [3.63, 3.8) is 0 Å². The molecular formula is C107H86F5N13O13. The van der Waals surface area contributed by atoms with Gasteiger partial charge in [-0.3, -0.25) is 28.9 Å². The Balaban J connectivity index is 0.000000140. The van der Waals surface area contributed by atoms with Crippen LogP contribution in [0.3, 0.4) is 0 Å². The van der Waals surface area contributed by atoms with Crippen molar-refractivity contribution in [2.75, 3.05) is 38.6 Å². The summed E-state index contributed by atoms with van der Waals surface area (Å²) in [5.74, 6) is 0.384. The lowest BCUT2D eigenvalue weighted by Crippen LogP contribution is -2.25. The maximum atomic E-state index is 13.6. The van der Waals surface area contributed by atoms with Gasteiger partial charge >= 0.3 is 12.0 Å². The number of Topliss-reactive ketones (excluding diaryl/α,β-unsaturated/α-hetero) is 5. The number of halogens is 5. The van der Waals surface area contributed by atoms with Crippen LogP contribution < -0.4 is 31.5 Å². The molecule has 0 unspecified atom stereocenters. The number of hydrogen-bond donors (Lipinski definition) is 5.